The Bertz CT molecular complexity index is 1220. The van der Waals surface area contributed by atoms with E-state index in [2.05, 4.69) is 4.99 Å². The lowest BCUT2D eigenvalue weighted by Crippen LogP contribution is -2.07. The highest BCUT2D eigenvalue weighted by Gasteiger charge is 2.26. The van der Waals surface area contributed by atoms with E-state index in [0.29, 0.717) is 29.2 Å². The van der Waals surface area contributed by atoms with Gasteiger partial charge in [0.15, 0.2) is 17.2 Å². The van der Waals surface area contributed by atoms with Crippen molar-refractivity contribution in [1.29, 1.82) is 0 Å². The van der Waals surface area contributed by atoms with Crippen molar-refractivity contribution in [3.8, 4) is 11.5 Å². The third-order valence-corrected chi connectivity index (χ3v) is 4.64. The van der Waals surface area contributed by atoms with Gasteiger partial charge in [0.2, 0.25) is 5.90 Å². The molecule has 1 heterocycles. The molecule has 3 aromatic carbocycles. The number of benzene rings is 3. The van der Waals surface area contributed by atoms with Crippen LogP contribution in [0.5, 0.6) is 11.5 Å². The van der Waals surface area contributed by atoms with E-state index in [1.807, 2.05) is 6.92 Å². The Morgan fingerprint density at radius 1 is 0.938 bits per heavy atom. The van der Waals surface area contributed by atoms with Crippen molar-refractivity contribution in [1.82, 2.24) is 0 Å². The second kappa shape index (κ2) is 9.43. The zero-order chi connectivity index (χ0) is 22.5. The number of aliphatic imine (C=N–C) groups is 1. The summed E-state index contributed by atoms with van der Waals surface area (Å²) in [6.07, 6.45) is 1.51. The largest absolute Gasteiger partial charge is 0.490 e. The number of hydrogen-bond acceptors (Lipinski definition) is 5. The highest BCUT2D eigenvalue weighted by atomic mass is 19.1. The van der Waals surface area contributed by atoms with Crippen LogP contribution in [-0.2, 0) is 16.1 Å². The lowest BCUT2D eigenvalue weighted by Gasteiger charge is -2.13. The van der Waals surface area contributed by atoms with Gasteiger partial charge in [-0.15, -0.1) is 0 Å². The van der Waals surface area contributed by atoms with Crippen LogP contribution < -0.4 is 9.47 Å². The Hall–Kier alpha value is -4.00. The van der Waals surface area contributed by atoms with Gasteiger partial charge in [-0.25, -0.2) is 18.6 Å². The van der Waals surface area contributed by atoms with Gasteiger partial charge >= 0.3 is 5.97 Å². The Balaban J connectivity index is 1.58. The Morgan fingerprint density at radius 3 is 2.44 bits per heavy atom. The molecule has 0 saturated heterocycles. The van der Waals surface area contributed by atoms with Crippen molar-refractivity contribution in [2.45, 2.75) is 13.5 Å². The van der Waals surface area contributed by atoms with E-state index in [0.717, 1.165) is 0 Å². The maximum atomic E-state index is 14.0. The molecule has 0 bridgehead atoms. The third kappa shape index (κ3) is 4.67. The van der Waals surface area contributed by atoms with Crippen LogP contribution in [-0.4, -0.2) is 18.5 Å². The number of nitrogens with zero attached hydrogens (tertiary/aromatic N) is 1. The summed E-state index contributed by atoms with van der Waals surface area (Å²) in [6.45, 7) is 2.24. The maximum Gasteiger partial charge on any atom is 0.363 e. The summed E-state index contributed by atoms with van der Waals surface area (Å²) in [5.41, 5.74) is 1.17. The Kier molecular flexibility index (Phi) is 6.26. The fourth-order valence-electron chi connectivity index (χ4n) is 3.09. The molecule has 162 valence electrons. The zero-order valence-corrected chi connectivity index (χ0v) is 17.2. The Morgan fingerprint density at radius 2 is 1.69 bits per heavy atom. The first-order valence-electron chi connectivity index (χ1n) is 9.95. The molecule has 0 saturated carbocycles. The summed E-state index contributed by atoms with van der Waals surface area (Å²) < 4.78 is 44.3. The number of hydrogen-bond donors (Lipinski definition) is 0. The van der Waals surface area contributed by atoms with Crippen LogP contribution in [0.1, 0.15) is 23.6 Å². The molecule has 0 spiro atoms. The number of cyclic esters (lactones) is 1. The Labute approximate surface area is 183 Å². The number of halogens is 2. The van der Waals surface area contributed by atoms with E-state index in [4.69, 9.17) is 14.2 Å². The number of esters is 1. The van der Waals surface area contributed by atoms with E-state index in [1.165, 1.54) is 30.3 Å². The van der Waals surface area contributed by atoms with Crippen molar-refractivity contribution in [2.75, 3.05) is 6.61 Å². The molecule has 0 radical (unpaired) electrons. The van der Waals surface area contributed by atoms with Gasteiger partial charge in [0.1, 0.15) is 18.2 Å². The molecule has 4 rings (SSSR count). The molecule has 1 aliphatic heterocycles. The maximum absolute atomic E-state index is 14.0. The summed E-state index contributed by atoms with van der Waals surface area (Å²) in [6, 6.07) is 17.3. The molecule has 0 aliphatic carbocycles. The second-order valence-electron chi connectivity index (χ2n) is 6.84. The van der Waals surface area contributed by atoms with E-state index >= 15 is 0 Å². The number of rotatable bonds is 7. The molecule has 32 heavy (non-hydrogen) atoms. The molecule has 0 aromatic heterocycles. The van der Waals surface area contributed by atoms with Gasteiger partial charge in [0, 0.05) is 5.56 Å². The summed E-state index contributed by atoms with van der Waals surface area (Å²) in [5.74, 6) is -0.787. The average molecular weight is 435 g/mol. The minimum Gasteiger partial charge on any atom is -0.490 e. The molecule has 0 amide bonds. The monoisotopic (exact) mass is 435 g/mol. The van der Waals surface area contributed by atoms with Crippen molar-refractivity contribution < 1.29 is 27.8 Å². The van der Waals surface area contributed by atoms with Crippen molar-refractivity contribution in [3.63, 3.8) is 0 Å². The minimum atomic E-state index is -0.680. The van der Waals surface area contributed by atoms with Crippen LogP contribution in [0.2, 0.25) is 0 Å². The first kappa shape index (κ1) is 21.2. The van der Waals surface area contributed by atoms with Crippen LogP contribution in [0, 0.1) is 11.6 Å². The fourth-order valence-corrected chi connectivity index (χ4v) is 3.09. The highest BCUT2D eigenvalue weighted by Crippen LogP contribution is 2.31. The van der Waals surface area contributed by atoms with Gasteiger partial charge in [-0.3, -0.25) is 0 Å². The predicted octanol–water partition coefficient (Wildman–Crippen LogP) is 5.29. The van der Waals surface area contributed by atoms with Gasteiger partial charge in [0.05, 0.1) is 12.2 Å². The lowest BCUT2D eigenvalue weighted by atomic mass is 10.1. The molecule has 0 unspecified atom stereocenters. The van der Waals surface area contributed by atoms with Gasteiger partial charge in [-0.1, -0.05) is 36.4 Å². The van der Waals surface area contributed by atoms with Crippen molar-refractivity contribution >= 4 is 17.9 Å². The predicted molar refractivity (Wildman–Crippen MR) is 115 cm³/mol. The average Bonchev–Trinajstić information content (AvgIpc) is 3.14. The lowest BCUT2D eigenvalue weighted by molar-refractivity contribution is -0.129. The standard InChI is InChI=1S/C25H19F2NO4/c1-2-30-23-14-16(11-12-22(23)31-15-17-7-3-5-9-19(17)26)13-21-25(29)32-24(28-21)18-8-4-6-10-20(18)27/h3-14H,2,15H2,1H3/b21-13-. The molecule has 0 atom stereocenters. The first-order chi connectivity index (χ1) is 15.5. The molecule has 7 heteroatoms. The molecular weight excluding hydrogens is 416 g/mol. The van der Waals surface area contributed by atoms with E-state index < -0.39 is 11.8 Å². The molecular formula is C25H19F2NO4. The topological polar surface area (TPSA) is 57.1 Å². The molecule has 5 nitrogen and oxygen atoms in total. The number of carbonyl (C=O) groups excluding carboxylic acids is 1. The quantitative estimate of drug-likeness (QED) is 0.374. The molecule has 1 aliphatic rings. The first-order valence-corrected chi connectivity index (χ1v) is 9.95. The minimum absolute atomic E-state index is 0.0331. The normalized spacial score (nSPS) is 14.3. The van der Waals surface area contributed by atoms with Gasteiger partial charge in [0.25, 0.3) is 0 Å². The van der Waals surface area contributed by atoms with E-state index in [1.54, 1.807) is 42.5 Å². The van der Waals surface area contributed by atoms with Crippen LogP contribution in [0.25, 0.3) is 6.08 Å². The highest BCUT2D eigenvalue weighted by molar-refractivity contribution is 6.12. The van der Waals surface area contributed by atoms with Crippen molar-refractivity contribution in [2.24, 2.45) is 4.99 Å². The molecule has 3 aromatic rings. The smallest absolute Gasteiger partial charge is 0.363 e. The summed E-state index contributed by atoms with van der Waals surface area (Å²) in [7, 11) is 0. The zero-order valence-electron chi connectivity index (χ0n) is 17.2. The molecule has 0 fully saturated rings. The van der Waals surface area contributed by atoms with Gasteiger partial charge in [-0.2, -0.15) is 0 Å². The van der Waals surface area contributed by atoms with Gasteiger partial charge in [-0.05, 0) is 48.9 Å². The van der Waals surface area contributed by atoms with Crippen LogP contribution in [0.15, 0.2) is 77.4 Å². The van der Waals surface area contributed by atoms with E-state index in [-0.39, 0.29) is 29.6 Å². The summed E-state index contributed by atoms with van der Waals surface area (Å²) in [5, 5.41) is 0. The third-order valence-electron chi connectivity index (χ3n) is 4.64. The molecule has 0 N–H and O–H groups in total. The number of ether oxygens (including phenoxy) is 3. The number of carbonyl (C=O) groups is 1. The summed E-state index contributed by atoms with van der Waals surface area (Å²) in [4.78, 5) is 16.4. The van der Waals surface area contributed by atoms with Gasteiger partial charge < -0.3 is 14.2 Å². The SMILES string of the molecule is CCOc1cc(/C=C2\N=C(c3ccccc3F)OC2=O)ccc1OCc1ccccc1F. The fraction of sp³-hybridized carbons (Fsp3) is 0.120. The second-order valence-corrected chi connectivity index (χ2v) is 6.84. The van der Waals surface area contributed by atoms with E-state index in [9.17, 15) is 13.6 Å². The van der Waals surface area contributed by atoms with Crippen molar-refractivity contribution in [3.05, 3.63) is 101 Å². The summed E-state index contributed by atoms with van der Waals surface area (Å²) >= 11 is 0. The van der Waals surface area contributed by atoms with Crippen LogP contribution >= 0.6 is 0 Å². The van der Waals surface area contributed by atoms with Crippen LogP contribution in [0.4, 0.5) is 8.78 Å². The van der Waals surface area contributed by atoms with Crippen LogP contribution in [0.3, 0.4) is 0 Å².